The van der Waals surface area contributed by atoms with E-state index in [-0.39, 0.29) is 5.91 Å². The highest BCUT2D eigenvalue weighted by Gasteiger charge is 2.05. The van der Waals surface area contributed by atoms with Gasteiger partial charge in [0.05, 0.1) is 5.02 Å². The molecule has 21 heavy (non-hydrogen) atoms. The number of nitrogens with one attached hydrogen (secondary N) is 1. The van der Waals surface area contributed by atoms with Crippen molar-refractivity contribution in [3.63, 3.8) is 0 Å². The van der Waals surface area contributed by atoms with E-state index in [9.17, 15) is 4.79 Å². The number of carbonyl (C=O) groups is 1. The van der Waals surface area contributed by atoms with Crippen LogP contribution in [0.5, 0.6) is 0 Å². The SMILES string of the molecule is CCc1ccc(CCC(=O)Nc2ccc(Br)c(Cl)c2)cc1. The fourth-order valence-electron chi connectivity index (χ4n) is 2.00. The highest BCUT2D eigenvalue weighted by Crippen LogP contribution is 2.25. The molecule has 0 fully saturated rings. The summed E-state index contributed by atoms with van der Waals surface area (Å²) in [6, 6.07) is 13.8. The fraction of sp³-hybridized carbons (Fsp3) is 0.235. The van der Waals surface area contributed by atoms with E-state index in [1.807, 2.05) is 12.1 Å². The highest BCUT2D eigenvalue weighted by atomic mass is 79.9. The van der Waals surface area contributed by atoms with Crippen LogP contribution in [0, 0.1) is 0 Å². The molecular weight excluding hydrogens is 350 g/mol. The number of anilines is 1. The Hall–Kier alpha value is -1.32. The van der Waals surface area contributed by atoms with Crippen LogP contribution in [0.15, 0.2) is 46.9 Å². The molecule has 0 radical (unpaired) electrons. The molecule has 0 saturated heterocycles. The van der Waals surface area contributed by atoms with Crippen LogP contribution in [-0.2, 0) is 17.6 Å². The van der Waals surface area contributed by atoms with Crippen molar-refractivity contribution in [3.05, 3.63) is 63.1 Å². The predicted molar refractivity (Wildman–Crippen MR) is 91.9 cm³/mol. The summed E-state index contributed by atoms with van der Waals surface area (Å²) in [7, 11) is 0. The first-order chi connectivity index (χ1) is 10.1. The van der Waals surface area contributed by atoms with Gasteiger partial charge in [-0.15, -0.1) is 0 Å². The van der Waals surface area contributed by atoms with Crippen LogP contribution in [0.1, 0.15) is 24.5 Å². The van der Waals surface area contributed by atoms with Gasteiger partial charge in [0.25, 0.3) is 0 Å². The molecule has 1 amide bonds. The van der Waals surface area contributed by atoms with Gasteiger partial charge in [0.1, 0.15) is 0 Å². The summed E-state index contributed by atoms with van der Waals surface area (Å²) in [4.78, 5) is 11.9. The van der Waals surface area contributed by atoms with Crippen molar-refractivity contribution in [3.8, 4) is 0 Å². The molecule has 0 aliphatic heterocycles. The number of aryl methyl sites for hydroxylation is 2. The first-order valence-electron chi connectivity index (χ1n) is 6.91. The van der Waals surface area contributed by atoms with Crippen LogP contribution < -0.4 is 5.32 Å². The Balaban J connectivity index is 1.87. The zero-order valence-corrected chi connectivity index (χ0v) is 14.2. The van der Waals surface area contributed by atoms with Crippen LogP contribution in [0.25, 0.3) is 0 Å². The third-order valence-electron chi connectivity index (χ3n) is 3.28. The molecule has 0 saturated carbocycles. The number of rotatable bonds is 5. The van der Waals surface area contributed by atoms with Gasteiger partial charge in [0.2, 0.25) is 5.91 Å². The fourth-order valence-corrected chi connectivity index (χ4v) is 2.42. The first kappa shape index (κ1) is 16.1. The van der Waals surface area contributed by atoms with E-state index in [0.29, 0.717) is 11.4 Å². The van der Waals surface area contributed by atoms with Crippen molar-refractivity contribution in [1.82, 2.24) is 0 Å². The maximum atomic E-state index is 11.9. The number of amides is 1. The Morgan fingerprint density at radius 2 is 1.81 bits per heavy atom. The van der Waals surface area contributed by atoms with Crippen molar-refractivity contribution < 1.29 is 4.79 Å². The summed E-state index contributed by atoms with van der Waals surface area (Å²) in [6.07, 6.45) is 2.23. The molecule has 0 unspecified atom stereocenters. The van der Waals surface area contributed by atoms with Gasteiger partial charge in [-0.3, -0.25) is 4.79 Å². The number of hydrogen-bond donors (Lipinski definition) is 1. The molecule has 0 heterocycles. The number of hydrogen-bond acceptors (Lipinski definition) is 1. The maximum absolute atomic E-state index is 11.9. The van der Waals surface area contributed by atoms with Gasteiger partial charge in [-0.05, 0) is 58.1 Å². The molecule has 2 aromatic carbocycles. The second kappa shape index (κ2) is 7.62. The topological polar surface area (TPSA) is 29.1 Å². The molecule has 0 spiro atoms. The van der Waals surface area contributed by atoms with Crippen molar-refractivity contribution in [2.24, 2.45) is 0 Å². The van der Waals surface area contributed by atoms with E-state index in [0.717, 1.165) is 23.0 Å². The van der Waals surface area contributed by atoms with Crippen molar-refractivity contribution in [2.75, 3.05) is 5.32 Å². The Morgan fingerprint density at radius 1 is 1.14 bits per heavy atom. The lowest BCUT2D eigenvalue weighted by molar-refractivity contribution is -0.116. The second-order valence-corrected chi connectivity index (χ2v) is 6.11. The van der Waals surface area contributed by atoms with Crippen LogP contribution in [-0.4, -0.2) is 5.91 Å². The largest absolute Gasteiger partial charge is 0.326 e. The molecule has 0 aliphatic rings. The summed E-state index contributed by atoms with van der Waals surface area (Å²) in [6.45, 7) is 2.13. The predicted octanol–water partition coefficient (Wildman–Crippen LogP) is 5.24. The first-order valence-corrected chi connectivity index (χ1v) is 8.08. The van der Waals surface area contributed by atoms with E-state index in [4.69, 9.17) is 11.6 Å². The van der Waals surface area contributed by atoms with Gasteiger partial charge in [0.15, 0.2) is 0 Å². The molecule has 0 aromatic heterocycles. The summed E-state index contributed by atoms with van der Waals surface area (Å²) in [5.74, 6) is -0.00652. The Labute approximate surface area is 138 Å². The quantitative estimate of drug-likeness (QED) is 0.770. The summed E-state index contributed by atoms with van der Waals surface area (Å²) in [5, 5.41) is 3.44. The van der Waals surface area contributed by atoms with Gasteiger partial charge in [0, 0.05) is 16.6 Å². The Bertz CT molecular complexity index is 625. The molecular formula is C17H17BrClNO. The van der Waals surface area contributed by atoms with Crippen molar-refractivity contribution in [2.45, 2.75) is 26.2 Å². The molecule has 0 atom stereocenters. The summed E-state index contributed by atoms with van der Waals surface area (Å²) < 4.78 is 0.818. The van der Waals surface area contributed by atoms with Gasteiger partial charge in [-0.25, -0.2) is 0 Å². The molecule has 110 valence electrons. The molecule has 0 aliphatic carbocycles. The molecule has 0 bridgehead atoms. The van der Waals surface area contributed by atoms with Gasteiger partial charge in [-0.2, -0.15) is 0 Å². The standard InChI is InChI=1S/C17H17BrClNO/c1-2-12-3-5-13(6-4-12)7-10-17(21)20-14-8-9-15(18)16(19)11-14/h3-6,8-9,11H,2,7,10H2,1H3,(H,20,21). The normalized spacial score (nSPS) is 10.4. The lowest BCUT2D eigenvalue weighted by Crippen LogP contribution is -2.12. The molecule has 1 N–H and O–H groups in total. The van der Waals surface area contributed by atoms with Gasteiger partial charge >= 0.3 is 0 Å². The summed E-state index contributed by atoms with van der Waals surface area (Å²) >= 11 is 9.32. The van der Waals surface area contributed by atoms with Crippen molar-refractivity contribution in [1.29, 1.82) is 0 Å². The molecule has 2 nitrogen and oxygen atoms in total. The molecule has 4 heteroatoms. The zero-order valence-electron chi connectivity index (χ0n) is 11.8. The van der Waals surface area contributed by atoms with Crippen molar-refractivity contribution >= 4 is 39.1 Å². The monoisotopic (exact) mass is 365 g/mol. The average Bonchev–Trinajstić information content (AvgIpc) is 2.49. The minimum Gasteiger partial charge on any atom is -0.326 e. The van der Waals surface area contributed by atoms with Crippen LogP contribution in [0.3, 0.4) is 0 Å². The molecule has 2 rings (SSSR count). The van der Waals surface area contributed by atoms with E-state index >= 15 is 0 Å². The minimum absolute atomic E-state index is 0.00652. The number of carbonyl (C=O) groups excluding carboxylic acids is 1. The number of benzene rings is 2. The highest BCUT2D eigenvalue weighted by molar-refractivity contribution is 9.10. The third-order valence-corrected chi connectivity index (χ3v) is 4.51. The summed E-state index contributed by atoms with van der Waals surface area (Å²) in [5.41, 5.74) is 3.21. The van der Waals surface area contributed by atoms with E-state index in [2.05, 4.69) is 52.4 Å². The zero-order chi connectivity index (χ0) is 15.2. The van der Waals surface area contributed by atoms with Gasteiger partial charge in [-0.1, -0.05) is 42.8 Å². The average molecular weight is 367 g/mol. The van der Waals surface area contributed by atoms with Gasteiger partial charge < -0.3 is 5.32 Å². The Kier molecular flexibility index (Phi) is 5.83. The van der Waals surface area contributed by atoms with E-state index in [1.165, 1.54) is 11.1 Å². The van der Waals surface area contributed by atoms with E-state index in [1.54, 1.807) is 6.07 Å². The lowest BCUT2D eigenvalue weighted by Gasteiger charge is -2.07. The maximum Gasteiger partial charge on any atom is 0.224 e. The third kappa shape index (κ3) is 4.87. The minimum atomic E-state index is -0.00652. The number of halogens is 2. The van der Waals surface area contributed by atoms with E-state index < -0.39 is 0 Å². The van der Waals surface area contributed by atoms with Crippen LogP contribution in [0.2, 0.25) is 5.02 Å². The van der Waals surface area contributed by atoms with Crippen LogP contribution >= 0.6 is 27.5 Å². The smallest absolute Gasteiger partial charge is 0.224 e. The molecule has 2 aromatic rings. The Morgan fingerprint density at radius 3 is 2.43 bits per heavy atom. The second-order valence-electron chi connectivity index (χ2n) is 4.85. The van der Waals surface area contributed by atoms with Crippen LogP contribution in [0.4, 0.5) is 5.69 Å². The lowest BCUT2D eigenvalue weighted by atomic mass is 10.1.